The maximum atomic E-state index is 12.3. The van der Waals surface area contributed by atoms with Crippen LogP contribution in [0.4, 0.5) is 5.69 Å². The summed E-state index contributed by atoms with van der Waals surface area (Å²) in [4.78, 5) is 14.0. The number of hydrogen-bond donors (Lipinski definition) is 1. The Morgan fingerprint density at radius 1 is 1.50 bits per heavy atom. The molecule has 1 rings (SSSR count). The summed E-state index contributed by atoms with van der Waals surface area (Å²) in [5, 5.41) is 11.6. The van der Waals surface area contributed by atoms with E-state index in [1.54, 1.807) is 11.9 Å². The van der Waals surface area contributed by atoms with E-state index in [-0.39, 0.29) is 5.91 Å². The molecule has 1 N–H and O–H groups in total. The highest BCUT2D eigenvalue weighted by molar-refractivity contribution is 5.99. The monoisotopic (exact) mass is 245 g/mol. The molecule has 1 aromatic rings. The Bertz CT molecular complexity index is 463. The molecule has 0 atom stereocenters. The lowest BCUT2D eigenvalue weighted by molar-refractivity contribution is 0.0769. The van der Waals surface area contributed by atoms with E-state index in [1.807, 2.05) is 32.0 Å². The van der Waals surface area contributed by atoms with Crippen molar-refractivity contribution in [2.45, 2.75) is 20.3 Å². The van der Waals surface area contributed by atoms with Crippen molar-refractivity contribution in [3.05, 3.63) is 29.3 Å². The van der Waals surface area contributed by atoms with Crippen molar-refractivity contribution in [3.8, 4) is 6.07 Å². The summed E-state index contributed by atoms with van der Waals surface area (Å²) >= 11 is 0. The van der Waals surface area contributed by atoms with Crippen LogP contribution in [0.2, 0.25) is 0 Å². The van der Waals surface area contributed by atoms with Gasteiger partial charge in [0.05, 0.1) is 18.1 Å². The molecule has 0 spiro atoms. The molecule has 96 valence electrons. The van der Waals surface area contributed by atoms with E-state index in [2.05, 4.69) is 11.4 Å². The Hall–Kier alpha value is -2.02. The van der Waals surface area contributed by atoms with Gasteiger partial charge in [0.15, 0.2) is 0 Å². The summed E-state index contributed by atoms with van der Waals surface area (Å²) in [6, 6.07) is 7.77. The Morgan fingerprint density at radius 3 is 2.78 bits per heavy atom. The molecule has 1 aromatic carbocycles. The molecular weight excluding hydrogens is 226 g/mol. The van der Waals surface area contributed by atoms with Crippen LogP contribution in [0.3, 0.4) is 0 Å². The standard InChI is InChI=1S/C14H19N3O/c1-4-17(9-5-8-15)14(18)12-7-6-11(2)10-13(12)16-3/h6-7,10,16H,4-5,9H2,1-3H3. The number of carbonyl (C=O) groups excluding carboxylic acids is 1. The topological polar surface area (TPSA) is 56.1 Å². The second-order valence-corrected chi connectivity index (χ2v) is 4.09. The predicted octanol–water partition coefficient (Wildman–Crippen LogP) is 2.41. The Kier molecular flexibility index (Phi) is 5.19. The molecule has 18 heavy (non-hydrogen) atoms. The van der Waals surface area contributed by atoms with Gasteiger partial charge in [-0.25, -0.2) is 0 Å². The molecule has 0 unspecified atom stereocenters. The quantitative estimate of drug-likeness (QED) is 0.866. The lowest BCUT2D eigenvalue weighted by Gasteiger charge is -2.21. The fourth-order valence-electron chi connectivity index (χ4n) is 1.81. The van der Waals surface area contributed by atoms with Crippen LogP contribution >= 0.6 is 0 Å². The number of amides is 1. The van der Waals surface area contributed by atoms with Crippen LogP contribution in [0.1, 0.15) is 29.3 Å². The third kappa shape index (κ3) is 3.24. The van der Waals surface area contributed by atoms with Crippen molar-refractivity contribution in [1.82, 2.24) is 4.90 Å². The van der Waals surface area contributed by atoms with Crippen molar-refractivity contribution in [2.75, 3.05) is 25.5 Å². The minimum Gasteiger partial charge on any atom is -0.387 e. The number of nitriles is 1. The summed E-state index contributed by atoms with van der Waals surface area (Å²) in [5.74, 6) is -0.0305. The molecule has 0 aromatic heterocycles. The van der Waals surface area contributed by atoms with Crippen molar-refractivity contribution in [3.63, 3.8) is 0 Å². The molecule has 0 fully saturated rings. The van der Waals surface area contributed by atoms with Crippen LogP contribution in [0.5, 0.6) is 0 Å². The van der Waals surface area contributed by atoms with Crippen molar-refractivity contribution in [1.29, 1.82) is 5.26 Å². The lowest BCUT2D eigenvalue weighted by Crippen LogP contribution is -2.32. The van der Waals surface area contributed by atoms with Crippen molar-refractivity contribution in [2.24, 2.45) is 0 Å². The van der Waals surface area contributed by atoms with E-state index in [4.69, 9.17) is 5.26 Å². The van der Waals surface area contributed by atoms with Crippen LogP contribution in [0.25, 0.3) is 0 Å². The minimum absolute atomic E-state index is 0.0305. The van der Waals surface area contributed by atoms with Gasteiger partial charge >= 0.3 is 0 Å². The van der Waals surface area contributed by atoms with Gasteiger partial charge in [-0.3, -0.25) is 4.79 Å². The average Bonchev–Trinajstić information content (AvgIpc) is 2.39. The Balaban J connectivity index is 2.98. The van der Waals surface area contributed by atoms with Gasteiger partial charge in [0.25, 0.3) is 5.91 Å². The third-order valence-corrected chi connectivity index (χ3v) is 2.84. The smallest absolute Gasteiger partial charge is 0.255 e. The van der Waals surface area contributed by atoms with Gasteiger partial charge in [-0.1, -0.05) is 6.07 Å². The Labute approximate surface area is 108 Å². The maximum absolute atomic E-state index is 12.3. The first-order valence-corrected chi connectivity index (χ1v) is 6.08. The SMILES string of the molecule is CCN(CCC#N)C(=O)c1ccc(C)cc1NC. The lowest BCUT2D eigenvalue weighted by atomic mass is 10.1. The zero-order valence-electron chi connectivity index (χ0n) is 11.2. The summed E-state index contributed by atoms with van der Waals surface area (Å²) < 4.78 is 0. The first kappa shape index (κ1) is 14.0. The predicted molar refractivity (Wildman–Crippen MR) is 72.5 cm³/mol. The molecule has 0 aliphatic rings. The number of aryl methyl sites for hydroxylation is 1. The normalized spacial score (nSPS) is 9.67. The zero-order chi connectivity index (χ0) is 13.5. The summed E-state index contributed by atoms with van der Waals surface area (Å²) in [6.45, 7) is 4.99. The molecule has 0 saturated heterocycles. The number of nitrogens with zero attached hydrogens (tertiary/aromatic N) is 2. The zero-order valence-corrected chi connectivity index (χ0v) is 11.2. The van der Waals surface area contributed by atoms with E-state index < -0.39 is 0 Å². The molecule has 1 amide bonds. The van der Waals surface area contributed by atoms with Gasteiger partial charge < -0.3 is 10.2 Å². The highest BCUT2D eigenvalue weighted by Gasteiger charge is 2.16. The van der Waals surface area contributed by atoms with E-state index in [0.717, 1.165) is 11.3 Å². The van der Waals surface area contributed by atoms with Gasteiger partial charge in [0.1, 0.15) is 0 Å². The van der Waals surface area contributed by atoms with Gasteiger partial charge in [-0.15, -0.1) is 0 Å². The second kappa shape index (κ2) is 6.65. The first-order valence-electron chi connectivity index (χ1n) is 6.08. The molecular formula is C14H19N3O. The third-order valence-electron chi connectivity index (χ3n) is 2.84. The van der Waals surface area contributed by atoms with Crippen LogP contribution in [-0.4, -0.2) is 30.9 Å². The van der Waals surface area contributed by atoms with Crippen LogP contribution in [0, 0.1) is 18.3 Å². The highest BCUT2D eigenvalue weighted by Crippen LogP contribution is 2.19. The molecule has 4 nitrogen and oxygen atoms in total. The summed E-state index contributed by atoms with van der Waals surface area (Å²) in [5.41, 5.74) is 2.59. The molecule has 4 heteroatoms. The van der Waals surface area contributed by atoms with E-state index in [1.165, 1.54) is 0 Å². The number of carbonyl (C=O) groups is 1. The fourth-order valence-corrected chi connectivity index (χ4v) is 1.81. The van der Waals surface area contributed by atoms with Crippen molar-refractivity contribution < 1.29 is 4.79 Å². The Morgan fingerprint density at radius 2 is 2.22 bits per heavy atom. The molecule has 0 aliphatic carbocycles. The van der Waals surface area contributed by atoms with Gasteiger partial charge in [0.2, 0.25) is 0 Å². The van der Waals surface area contributed by atoms with E-state index in [9.17, 15) is 4.79 Å². The average molecular weight is 245 g/mol. The summed E-state index contributed by atoms with van der Waals surface area (Å²) in [7, 11) is 1.80. The first-order chi connectivity index (χ1) is 8.63. The second-order valence-electron chi connectivity index (χ2n) is 4.09. The molecule has 0 saturated carbocycles. The fraction of sp³-hybridized carbons (Fsp3) is 0.429. The molecule has 0 heterocycles. The number of rotatable bonds is 5. The number of anilines is 1. The molecule has 0 radical (unpaired) electrons. The van der Waals surface area contributed by atoms with Crippen molar-refractivity contribution >= 4 is 11.6 Å². The van der Waals surface area contributed by atoms with Crippen LogP contribution in [0.15, 0.2) is 18.2 Å². The van der Waals surface area contributed by atoms with Gasteiger partial charge in [-0.2, -0.15) is 5.26 Å². The van der Waals surface area contributed by atoms with Gasteiger partial charge in [-0.05, 0) is 31.5 Å². The highest BCUT2D eigenvalue weighted by atomic mass is 16.2. The van der Waals surface area contributed by atoms with E-state index in [0.29, 0.717) is 25.1 Å². The molecule has 0 bridgehead atoms. The number of nitrogens with one attached hydrogen (secondary N) is 1. The van der Waals surface area contributed by atoms with Gasteiger partial charge in [0, 0.05) is 25.8 Å². The largest absolute Gasteiger partial charge is 0.387 e. The van der Waals surface area contributed by atoms with Crippen LogP contribution < -0.4 is 5.32 Å². The number of hydrogen-bond acceptors (Lipinski definition) is 3. The number of benzene rings is 1. The van der Waals surface area contributed by atoms with E-state index >= 15 is 0 Å². The molecule has 0 aliphatic heterocycles. The summed E-state index contributed by atoms with van der Waals surface area (Å²) in [6.07, 6.45) is 0.361. The van der Waals surface area contributed by atoms with Crippen LogP contribution in [-0.2, 0) is 0 Å². The minimum atomic E-state index is -0.0305. The maximum Gasteiger partial charge on any atom is 0.255 e.